The number of amides is 1. The Morgan fingerprint density at radius 2 is 1.43 bits per heavy atom. The molecular weight excluding hydrogens is 524 g/mol. The van der Waals surface area contributed by atoms with Crippen molar-refractivity contribution in [3.05, 3.63) is 93.0 Å². The van der Waals surface area contributed by atoms with Crippen LogP contribution in [0.15, 0.2) is 54.6 Å². The summed E-state index contributed by atoms with van der Waals surface area (Å²) in [5, 5.41) is 0.271. The number of alkyl halides is 6. The summed E-state index contributed by atoms with van der Waals surface area (Å²) in [7, 11) is 2.88. The molecule has 0 fully saturated rings. The molecule has 3 aromatic carbocycles. The molecule has 0 spiro atoms. The molecule has 11 heteroatoms. The van der Waals surface area contributed by atoms with Gasteiger partial charge in [-0.2, -0.15) is 26.3 Å². The molecule has 3 aromatic rings. The van der Waals surface area contributed by atoms with Gasteiger partial charge in [0.05, 0.1) is 31.4 Å². The minimum atomic E-state index is -5.09. The van der Waals surface area contributed by atoms with E-state index < -0.39 is 41.0 Å². The Balaban J connectivity index is 1.90. The van der Waals surface area contributed by atoms with Crippen molar-refractivity contribution in [1.82, 2.24) is 4.90 Å². The Morgan fingerprint density at radius 1 is 0.865 bits per heavy atom. The first-order valence-electron chi connectivity index (χ1n) is 10.9. The smallest absolute Gasteiger partial charge is 0.416 e. The van der Waals surface area contributed by atoms with Crippen LogP contribution >= 0.6 is 11.6 Å². The minimum Gasteiger partial charge on any atom is -0.493 e. The largest absolute Gasteiger partial charge is 0.493 e. The molecule has 1 aliphatic rings. The molecule has 1 aliphatic heterocycles. The van der Waals surface area contributed by atoms with Gasteiger partial charge in [0.2, 0.25) is 0 Å². The molecule has 0 bridgehead atoms. The third kappa shape index (κ3) is 5.20. The summed E-state index contributed by atoms with van der Waals surface area (Å²) in [6.45, 7) is 0.00873. The molecule has 0 unspecified atom stereocenters. The SMILES string of the molecule is COc1cc2c(cc1OC)[C@@H](c1ccccc1Cl)N(C(=O)c1cc(C(F)(F)F)cc(C(F)(F)F)c1)CC2. The Kier molecular flexibility index (Phi) is 7.07. The number of benzene rings is 3. The fraction of sp³-hybridized carbons (Fsp3) is 0.269. The van der Waals surface area contributed by atoms with Crippen molar-refractivity contribution in [2.24, 2.45) is 0 Å². The Bertz CT molecular complexity index is 1310. The lowest BCUT2D eigenvalue weighted by Crippen LogP contribution is -2.41. The Hall–Kier alpha value is -3.40. The normalized spacial score (nSPS) is 15.8. The lowest BCUT2D eigenvalue weighted by Gasteiger charge is -2.38. The maximum Gasteiger partial charge on any atom is 0.416 e. The fourth-order valence-corrected chi connectivity index (χ4v) is 4.68. The van der Waals surface area contributed by atoms with Crippen molar-refractivity contribution >= 4 is 17.5 Å². The molecule has 1 atom stereocenters. The van der Waals surface area contributed by atoms with Gasteiger partial charge in [0.15, 0.2) is 11.5 Å². The standard InChI is InChI=1S/C26H20ClF6NO3/c1-36-21-11-14-7-8-34(23(19(14)13-22(21)37-2)18-5-3-4-6-20(18)27)24(35)15-9-16(25(28,29)30)12-17(10-15)26(31,32)33/h3-6,9-13,23H,7-8H2,1-2H3/t23-/m1/s1. The van der Waals surface area contributed by atoms with Crippen LogP contribution in [0, 0.1) is 0 Å². The molecule has 4 nitrogen and oxygen atoms in total. The van der Waals surface area contributed by atoms with E-state index in [2.05, 4.69) is 0 Å². The molecule has 37 heavy (non-hydrogen) atoms. The Morgan fingerprint density at radius 3 is 1.97 bits per heavy atom. The van der Waals surface area contributed by atoms with Crippen LogP contribution in [-0.2, 0) is 18.8 Å². The highest BCUT2D eigenvalue weighted by Gasteiger charge is 2.40. The highest BCUT2D eigenvalue weighted by Crippen LogP contribution is 2.44. The van der Waals surface area contributed by atoms with Gasteiger partial charge in [-0.25, -0.2) is 0 Å². The van der Waals surface area contributed by atoms with Crippen LogP contribution in [0.25, 0.3) is 0 Å². The molecule has 1 heterocycles. The van der Waals surface area contributed by atoms with E-state index in [0.717, 1.165) is 5.56 Å². The lowest BCUT2D eigenvalue weighted by molar-refractivity contribution is -0.143. The predicted molar refractivity (Wildman–Crippen MR) is 124 cm³/mol. The maximum absolute atomic E-state index is 13.6. The van der Waals surface area contributed by atoms with Gasteiger partial charge in [0.1, 0.15) is 0 Å². The first kappa shape index (κ1) is 26.7. The second-order valence-electron chi connectivity index (χ2n) is 8.37. The van der Waals surface area contributed by atoms with Crippen molar-refractivity contribution in [1.29, 1.82) is 0 Å². The van der Waals surface area contributed by atoms with Crippen molar-refractivity contribution in [2.45, 2.75) is 24.8 Å². The summed E-state index contributed by atoms with van der Waals surface area (Å²) in [6, 6.07) is 9.88. The van der Waals surface area contributed by atoms with Crippen molar-refractivity contribution < 1.29 is 40.6 Å². The van der Waals surface area contributed by atoms with Gasteiger partial charge >= 0.3 is 12.4 Å². The number of fused-ring (bicyclic) bond motifs is 1. The number of rotatable bonds is 4. The quantitative estimate of drug-likeness (QED) is 0.327. The van der Waals surface area contributed by atoms with E-state index in [9.17, 15) is 31.1 Å². The second-order valence-corrected chi connectivity index (χ2v) is 8.78. The van der Waals surface area contributed by atoms with Crippen LogP contribution < -0.4 is 9.47 Å². The van der Waals surface area contributed by atoms with E-state index in [4.69, 9.17) is 21.1 Å². The van der Waals surface area contributed by atoms with Gasteiger partial charge in [-0.15, -0.1) is 0 Å². The van der Waals surface area contributed by atoms with Crippen LogP contribution in [0.3, 0.4) is 0 Å². The number of carbonyl (C=O) groups is 1. The number of carbonyl (C=O) groups excluding carboxylic acids is 1. The van der Waals surface area contributed by atoms with Gasteiger partial charge < -0.3 is 14.4 Å². The number of hydrogen-bond donors (Lipinski definition) is 0. The average molecular weight is 544 g/mol. The third-order valence-electron chi connectivity index (χ3n) is 6.17. The van der Waals surface area contributed by atoms with Gasteiger partial charge in [0, 0.05) is 17.1 Å². The van der Waals surface area contributed by atoms with E-state index in [1.807, 2.05) is 0 Å². The predicted octanol–water partition coefficient (Wildman–Crippen LogP) is 7.18. The molecule has 196 valence electrons. The summed E-state index contributed by atoms with van der Waals surface area (Å²) in [6.07, 6.45) is -9.90. The van der Waals surface area contributed by atoms with E-state index in [1.54, 1.807) is 36.4 Å². The highest BCUT2D eigenvalue weighted by molar-refractivity contribution is 6.31. The van der Waals surface area contributed by atoms with Crippen LogP contribution in [0.1, 0.15) is 44.2 Å². The topological polar surface area (TPSA) is 38.8 Å². The molecular formula is C26H20ClF6NO3. The van der Waals surface area contributed by atoms with Crippen molar-refractivity contribution in [2.75, 3.05) is 20.8 Å². The van der Waals surface area contributed by atoms with E-state index in [1.165, 1.54) is 19.1 Å². The van der Waals surface area contributed by atoms with Crippen molar-refractivity contribution in [3.8, 4) is 11.5 Å². The van der Waals surface area contributed by atoms with Crippen molar-refractivity contribution in [3.63, 3.8) is 0 Å². The van der Waals surface area contributed by atoms with Crippen LogP contribution in [-0.4, -0.2) is 31.6 Å². The van der Waals surface area contributed by atoms with Crippen LogP contribution in [0.2, 0.25) is 5.02 Å². The molecule has 0 saturated carbocycles. The number of ether oxygens (including phenoxy) is 2. The van der Waals surface area contributed by atoms with E-state index in [0.29, 0.717) is 34.8 Å². The monoisotopic (exact) mass is 543 g/mol. The summed E-state index contributed by atoms with van der Waals surface area (Å²) in [5.41, 5.74) is -2.08. The second kappa shape index (κ2) is 9.81. The summed E-state index contributed by atoms with van der Waals surface area (Å²) < 4.78 is 91.5. The highest BCUT2D eigenvalue weighted by atomic mass is 35.5. The fourth-order valence-electron chi connectivity index (χ4n) is 4.44. The average Bonchev–Trinajstić information content (AvgIpc) is 2.85. The van der Waals surface area contributed by atoms with Crippen LogP contribution in [0.5, 0.6) is 11.5 Å². The Labute approximate surface area is 213 Å². The summed E-state index contributed by atoms with van der Waals surface area (Å²) in [4.78, 5) is 14.9. The molecule has 0 saturated heterocycles. The van der Waals surface area contributed by atoms with E-state index >= 15 is 0 Å². The van der Waals surface area contributed by atoms with Gasteiger partial charge in [-0.1, -0.05) is 29.8 Å². The zero-order valence-corrected chi connectivity index (χ0v) is 20.3. The maximum atomic E-state index is 13.6. The third-order valence-corrected chi connectivity index (χ3v) is 6.51. The number of halogens is 7. The summed E-state index contributed by atoms with van der Waals surface area (Å²) in [5.74, 6) is -0.223. The zero-order chi connectivity index (χ0) is 27.1. The lowest BCUT2D eigenvalue weighted by atomic mass is 9.87. The number of hydrogen-bond acceptors (Lipinski definition) is 3. The molecule has 0 N–H and O–H groups in total. The van der Waals surface area contributed by atoms with E-state index in [-0.39, 0.29) is 24.1 Å². The minimum absolute atomic E-state index is 0.00873. The zero-order valence-electron chi connectivity index (χ0n) is 19.5. The molecule has 4 rings (SSSR count). The summed E-state index contributed by atoms with van der Waals surface area (Å²) >= 11 is 6.45. The first-order chi connectivity index (χ1) is 17.3. The van der Waals surface area contributed by atoms with Crippen LogP contribution in [0.4, 0.5) is 26.3 Å². The molecule has 0 aromatic heterocycles. The molecule has 0 aliphatic carbocycles. The number of nitrogens with zero attached hydrogens (tertiary/aromatic N) is 1. The molecule has 1 amide bonds. The molecule has 0 radical (unpaired) electrons. The van der Waals surface area contributed by atoms with Gasteiger partial charge in [-0.05, 0) is 59.5 Å². The van der Waals surface area contributed by atoms with Gasteiger partial charge in [0.25, 0.3) is 5.91 Å². The first-order valence-corrected chi connectivity index (χ1v) is 11.3. The van der Waals surface area contributed by atoms with Gasteiger partial charge in [-0.3, -0.25) is 4.79 Å². The number of methoxy groups -OCH3 is 2.